The molecule has 0 saturated heterocycles. The fourth-order valence-electron chi connectivity index (χ4n) is 1.20. The smallest absolute Gasteiger partial charge is 0.320 e. The second-order valence-electron chi connectivity index (χ2n) is 3.73. The number of carbonyl (C=O) groups excluding carboxylic acids is 1. The van der Waals surface area contributed by atoms with Gasteiger partial charge in [0.15, 0.2) is 0 Å². The van der Waals surface area contributed by atoms with Gasteiger partial charge in [0.1, 0.15) is 5.82 Å². The number of hydrogen-bond donors (Lipinski definition) is 3. The second kappa shape index (κ2) is 6.07. The molecule has 1 rings (SSSR count). The fraction of sp³-hybridized carbons (Fsp3) is 0.455. The molecule has 5 heteroatoms. The van der Waals surface area contributed by atoms with Crippen molar-refractivity contribution in [2.45, 2.75) is 19.8 Å². The molecule has 2 amide bonds. The Kier molecular flexibility index (Phi) is 4.72. The van der Waals surface area contributed by atoms with Crippen molar-refractivity contribution >= 4 is 11.8 Å². The maximum atomic E-state index is 11.3. The van der Waals surface area contributed by atoms with E-state index in [4.69, 9.17) is 5.11 Å². The van der Waals surface area contributed by atoms with Crippen LogP contribution >= 0.6 is 0 Å². The van der Waals surface area contributed by atoms with Crippen LogP contribution in [-0.2, 0) is 0 Å². The molecule has 0 atom stereocenters. The number of amides is 2. The lowest BCUT2D eigenvalue weighted by Gasteiger charge is -2.09. The number of rotatable bonds is 4. The molecular weight excluding hydrogens is 206 g/mol. The van der Waals surface area contributed by atoms with Crippen LogP contribution in [0.15, 0.2) is 18.3 Å². The third-order valence-electron chi connectivity index (χ3n) is 2.09. The molecule has 0 spiro atoms. The Hall–Kier alpha value is -1.62. The minimum Gasteiger partial charge on any atom is -0.395 e. The molecule has 88 valence electrons. The third-order valence-corrected chi connectivity index (χ3v) is 2.09. The van der Waals surface area contributed by atoms with Gasteiger partial charge >= 0.3 is 6.03 Å². The average Bonchev–Trinajstić information content (AvgIpc) is 2.26. The number of anilines is 1. The van der Waals surface area contributed by atoms with Crippen LogP contribution < -0.4 is 10.6 Å². The molecule has 1 heterocycles. The lowest BCUT2D eigenvalue weighted by Crippen LogP contribution is -2.31. The van der Waals surface area contributed by atoms with E-state index in [-0.39, 0.29) is 19.2 Å². The maximum Gasteiger partial charge on any atom is 0.320 e. The molecule has 0 saturated carbocycles. The summed E-state index contributed by atoms with van der Waals surface area (Å²) in [4.78, 5) is 15.3. The van der Waals surface area contributed by atoms with Crippen molar-refractivity contribution in [1.82, 2.24) is 10.3 Å². The zero-order chi connectivity index (χ0) is 12.0. The summed E-state index contributed by atoms with van der Waals surface area (Å²) in [7, 11) is 0. The number of hydrogen-bond acceptors (Lipinski definition) is 3. The van der Waals surface area contributed by atoms with Gasteiger partial charge in [-0.1, -0.05) is 13.8 Å². The highest BCUT2D eigenvalue weighted by atomic mass is 16.3. The molecule has 1 aromatic heterocycles. The van der Waals surface area contributed by atoms with Crippen LogP contribution in [0.5, 0.6) is 0 Å². The van der Waals surface area contributed by atoms with E-state index in [0.29, 0.717) is 11.7 Å². The molecule has 1 aromatic rings. The summed E-state index contributed by atoms with van der Waals surface area (Å²) in [5.74, 6) is 0.908. The van der Waals surface area contributed by atoms with Gasteiger partial charge in [0, 0.05) is 12.7 Å². The van der Waals surface area contributed by atoms with Gasteiger partial charge in [-0.2, -0.15) is 0 Å². The monoisotopic (exact) mass is 223 g/mol. The van der Waals surface area contributed by atoms with Crippen molar-refractivity contribution in [2.75, 3.05) is 18.5 Å². The number of pyridine rings is 1. The SMILES string of the molecule is CC(C)c1ccnc(NC(=O)NCCO)c1. The molecule has 0 aliphatic carbocycles. The molecule has 0 fully saturated rings. The van der Waals surface area contributed by atoms with E-state index in [0.717, 1.165) is 5.56 Å². The molecule has 16 heavy (non-hydrogen) atoms. The van der Waals surface area contributed by atoms with E-state index in [9.17, 15) is 4.79 Å². The summed E-state index contributed by atoms with van der Waals surface area (Å²) in [6.07, 6.45) is 1.66. The van der Waals surface area contributed by atoms with Crippen molar-refractivity contribution in [1.29, 1.82) is 0 Å². The van der Waals surface area contributed by atoms with Gasteiger partial charge < -0.3 is 10.4 Å². The summed E-state index contributed by atoms with van der Waals surface area (Å²) >= 11 is 0. The van der Waals surface area contributed by atoms with Crippen LogP contribution in [0.3, 0.4) is 0 Å². The molecule has 0 aliphatic rings. The van der Waals surface area contributed by atoms with Gasteiger partial charge in [-0.05, 0) is 23.6 Å². The van der Waals surface area contributed by atoms with Crippen molar-refractivity contribution in [3.05, 3.63) is 23.9 Å². The Bertz CT molecular complexity index is 353. The highest BCUT2D eigenvalue weighted by Gasteiger charge is 2.04. The first-order chi connectivity index (χ1) is 7.63. The lowest BCUT2D eigenvalue weighted by atomic mass is 10.1. The van der Waals surface area contributed by atoms with Crippen molar-refractivity contribution in [2.24, 2.45) is 0 Å². The molecule has 0 radical (unpaired) electrons. The number of carbonyl (C=O) groups is 1. The van der Waals surface area contributed by atoms with Gasteiger partial charge in [0.05, 0.1) is 6.61 Å². The van der Waals surface area contributed by atoms with Crippen LogP contribution in [0.1, 0.15) is 25.3 Å². The van der Waals surface area contributed by atoms with E-state index in [2.05, 4.69) is 29.5 Å². The number of nitrogens with zero attached hydrogens (tertiary/aromatic N) is 1. The van der Waals surface area contributed by atoms with Gasteiger partial charge in [-0.25, -0.2) is 9.78 Å². The van der Waals surface area contributed by atoms with Gasteiger partial charge in [-0.15, -0.1) is 0 Å². The predicted octanol–water partition coefficient (Wildman–Crippen LogP) is 1.32. The van der Waals surface area contributed by atoms with Crippen LogP contribution in [0.2, 0.25) is 0 Å². The zero-order valence-electron chi connectivity index (χ0n) is 9.53. The average molecular weight is 223 g/mol. The predicted molar refractivity (Wildman–Crippen MR) is 62.4 cm³/mol. The minimum absolute atomic E-state index is 0.0765. The van der Waals surface area contributed by atoms with Crippen LogP contribution in [0.25, 0.3) is 0 Å². The fourth-order valence-corrected chi connectivity index (χ4v) is 1.20. The zero-order valence-corrected chi connectivity index (χ0v) is 9.53. The lowest BCUT2D eigenvalue weighted by molar-refractivity contribution is 0.244. The van der Waals surface area contributed by atoms with Crippen LogP contribution in [-0.4, -0.2) is 29.3 Å². The van der Waals surface area contributed by atoms with E-state index in [1.165, 1.54) is 0 Å². The standard InChI is InChI=1S/C11H17N3O2/c1-8(2)9-3-4-12-10(7-9)14-11(16)13-5-6-15/h3-4,7-8,15H,5-6H2,1-2H3,(H2,12,13,14,16). The van der Waals surface area contributed by atoms with Crippen LogP contribution in [0, 0.1) is 0 Å². The van der Waals surface area contributed by atoms with Crippen molar-refractivity contribution in [3.8, 4) is 0 Å². The van der Waals surface area contributed by atoms with Crippen LogP contribution in [0.4, 0.5) is 10.6 Å². The Morgan fingerprint density at radius 3 is 2.94 bits per heavy atom. The summed E-state index contributed by atoms with van der Waals surface area (Å²) < 4.78 is 0. The highest BCUT2D eigenvalue weighted by molar-refractivity contribution is 5.88. The molecule has 3 N–H and O–H groups in total. The van der Waals surface area contributed by atoms with E-state index in [1.54, 1.807) is 6.20 Å². The Morgan fingerprint density at radius 2 is 2.31 bits per heavy atom. The minimum atomic E-state index is -0.359. The number of urea groups is 1. The number of aromatic nitrogens is 1. The highest BCUT2D eigenvalue weighted by Crippen LogP contribution is 2.16. The van der Waals surface area contributed by atoms with Crippen molar-refractivity contribution in [3.63, 3.8) is 0 Å². The molecule has 0 aromatic carbocycles. The summed E-state index contributed by atoms with van der Waals surface area (Å²) in [6, 6.07) is 3.40. The molecule has 0 unspecified atom stereocenters. The quantitative estimate of drug-likeness (QED) is 0.720. The molecule has 0 bridgehead atoms. The topological polar surface area (TPSA) is 74.2 Å². The Labute approximate surface area is 94.9 Å². The Morgan fingerprint density at radius 1 is 1.56 bits per heavy atom. The first kappa shape index (κ1) is 12.4. The first-order valence-electron chi connectivity index (χ1n) is 5.25. The second-order valence-corrected chi connectivity index (χ2v) is 3.73. The first-order valence-corrected chi connectivity index (χ1v) is 5.25. The molecule has 5 nitrogen and oxygen atoms in total. The molecular formula is C11H17N3O2. The summed E-state index contributed by atoms with van der Waals surface area (Å²) in [5, 5.41) is 13.6. The van der Waals surface area contributed by atoms with E-state index >= 15 is 0 Å². The van der Waals surface area contributed by atoms with Gasteiger partial charge in [0.2, 0.25) is 0 Å². The summed E-state index contributed by atoms with van der Waals surface area (Å²) in [5.41, 5.74) is 1.12. The van der Waals surface area contributed by atoms with Gasteiger partial charge in [0.25, 0.3) is 0 Å². The van der Waals surface area contributed by atoms with E-state index < -0.39 is 0 Å². The third kappa shape index (κ3) is 3.86. The normalized spacial score (nSPS) is 10.2. The van der Waals surface area contributed by atoms with E-state index in [1.807, 2.05) is 12.1 Å². The van der Waals surface area contributed by atoms with Gasteiger partial charge in [-0.3, -0.25) is 5.32 Å². The van der Waals surface area contributed by atoms with Crippen molar-refractivity contribution < 1.29 is 9.90 Å². The number of nitrogens with one attached hydrogen (secondary N) is 2. The Balaban J connectivity index is 2.59. The molecule has 0 aliphatic heterocycles. The summed E-state index contributed by atoms with van der Waals surface area (Å²) in [6.45, 7) is 4.30. The maximum absolute atomic E-state index is 11.3. The number of aliphatic hydroxyl groups is 1. The number of aliphatic hydroxyl groups excluding tert-OH is 1. The largest absolute Gasteiger partial charge is 0.395 e.